The predicted molar refractivity (Wildman–Crippen MR) is 190 cm³/mol. The van der Waals surface area contributed by atoms with E-state index in [2.05, 4.69) is 10.6 Å². The van der Waals surface area contributed by atoms with Gasteiger partial charge in [-0.05, 0) is 45.2 Å². The van der Waals surface area contributed by atoms with Crippen LogP contribution >= 0.6 is 0 Å². The molecule has 0 aromatic heterocycles. The molecule has 18 N–H and O–H groups in total. The molecule has 21 nitrogen and oxygen atoms in total. The van der Waals surface area contributed by atoms with E-state index in [0.717, 1.165) is 13.1 Å². The quantitative estimate of drug-likeness (QED) is 0.0689. The SMILES string of the molecule is NCCS(=O)(=O)C[C@@H]1C[C@H](N)[C@@H](O[C@H]2O[C@H](CNCC3(O)CCNCC3)CC[C@H]2N)[C@H](O[C@@H]2O[C@H](CO)[C@@H](O[C@H]3O[C@@H](CN)[C@@H](O)[C@H](O)[C@H]3N)[C@H]2O)[C@H]1O. The molecular formula is C32H63N7O14S. The topological polar surface area (TPSA) is 365 Å². The fourth-order valence-electron chi connectivity index (χ4n) is 7.98. The zero-order valence-electron chi connectivity index (χ0n) is 30.5. The summed E-state index contributed by atoms with van der Waals surface area (Å²) < 4.78 is 61.9. The molecule has 0 radical (unpaired) electrons. The third kappa shape index (κ3) is 10.6. The lowest BCUT2D eigenvalue weighted by atomic mass is 9.80. The summed E-state index contributed by atoms with van der Waals surface area (Å²) in [4.78, 5) is 0. The summed E-state index contributed by atoms with van der Waals surface area (Å²) >= 11 is 0. The van der Waals surface area contributed by atoms with E-state index >= 15 is 0 Å². The van der Waals surface area contributed by atoms with Gasteiger partial charge in [0.2, 0.25) is 0 Å². The molecule has 5 fully saturated rings. The zero-order chi connectivity index (χ0) is 39.4. The Kier molecular flexibility index (Phi) is 15.8. The van der Waals surface area contributed by atoms with E-state index in [1.54, 1.807) is 0 Å². The number of nitrogens with one attached hydrogen (secondary N) is 2. The van der Waals surface area contributed by atoms with Crippen LogP contribution in [0.4, 0.5) is 0 Å². The summed E-state index contributed by atoms with van der Waals surface area (Å²) in [5.74, 6) is -1.68. The number of sulfone groups is 1. The molecule has 0 aromatic carbocycles. The van der Waals surface area contributed by atoms with Crippen molar-refractivity contribution in [3.05, 3.63) is 0 Å². The van der Waals surface area contributed by atoms with Crippen LogP contribution in [-0.2, 0) is 38.3 Å². The molecule has 54 heavy (non-hydrogen) atoms. The van der Waals surface area contributed by atoms with Crippen LogP contribution < -0.4 is 39.3 Å². The van der Waals surface area contributed by atoms with Crippen LogP contribution in [0, 0.1) is 5.92 Å². The molecule has 5 rings (SSSR count). The summed E-state index contributed by atoms with van der Waals surface area (Å²) in [7, 11) is -3.71. The zero-order valence-corrected chi connectivity index (χ0v) is 31.3. The summed E-state index contributed by atoms with van der Waals surface area (Å²) in [5.41, 5.74) is 29.5. The molecule has 0 aromatic rings. The van der Waals surface area contributed by atoms with Gasteiger partial charge in [-0.2, -0.15) is 0 Å². The smallest absolute Gasteiger partial charge is 0.187 e. The Morgan fingerprint density at radius 1 is 0.796 bits per heavy atom. The van der Waals surface area contributed by atoms with Crippen molar-refractivity contribution in [2.75, 3.05) is 57.4 Å². The maximum atomic E-state index is 12.8. The van der Waals surface area contributed by atoms with Gasteiger partial charge in [0.15, 0.2) is 28.7 Å². The first-order valence-electron chi connectivity index (χ1n) is 18.9. The first kappa shape index (κ1) is 44.3. The number of nitrogens with two attached hydrogens (primary N) is 5. The lowest BCUT2D eigenvalue weighted by molar-refractivity contribution is -0.291. The van der Waals surface area contributed by atoms with Crippen molar-refractivity contribution in [2.45, 2.75) is 136 Å². The molecule has 4 saturated heterocycles. The number of ether oxygens (including phenoxy) is 6. The van der Waals surface area contributed by atoms with Gasteiger partial charge in [0, 0.05) is 38.1 Å². The van der Waals surface area contributed by atoms with E-state index in [4.69, 9.17) is 57.1 Å². The van der Waals surface area contributed by atoms with Crippen LogP contribution in [0.3, 0.4) is 0 Å². The van der Waals surface area contributed by atoms with Gasteiger partial charge in [-0.15, -0.1) is 0 Å². The van der Waals surface area contributed by atoms with Crippen molar-refractivity contribution in [1.82, 2.24) is 10.6 Å². The van der Waals surface area contributed by atoms with Gasteiger partial charge >= 0.3 is 0 Å². The number of piperidine rings is 1. The molecule has 0 bridgehead atoms. The number of aliphatic hydroxyl groups excluding tert-OH is 5. The minimum atomic E-state index is -3.71. The minimum Gasteiger partial charge on any atom is -0.394 e. The Bertz CT molecular complexity index is 1270. The van der Waals surface area contributed by atoms with Crippen molar-refractivity contribution < 1.29 is 67.5 Å². The van der Waals surface area contributed by atoms with Crippen molar-refractivity contribution in [3.63, 3.8) is 0 Å². The van der Waals surface area contributed by atoms with Crippen molar-refractivity contribution >= 4 is 9.84 Å². The number of rotatable bonds is 16. The Labute approximate surface area is 315 Å². The van der Waals surface area contributed by atoms with E-state index in [9.17, 15) is 39.1 Å². The standard InChI is InChI=1S/C32H63N7O14S/c33-5-8-54(46,47)13-15-9-18(36)26(51-29-17(35)2-1-16(48-29)11-39-14-32(45)3-6-38-7-4-32)28(22(15)41)53-31-25(44)27(20(12-40)50-31)52-30-21(37)24(43)23(42)19(10-34)49-30/h15-31,38-45H,1-14,33-37H2/t15-,16-,17+,18-,19-,20+,21+,22-,23+,24+,25+,26+,27+,28+,29+,30+,31-/m0/s1. The fraction of sp³-hybridized carbons (Fsp3) is 1.00. The second kappa shape index (κ2) is 19.3. The molecule has 0 spiro atoms. The van der Waals surface area contributed by atoms with Crippen molar-refractivity contribution in [2.24, 2.45) is 34.6 Å². The highest BCUT2D eigenvalue weighted by molar-refractivity contribution is 7.91. The summed E-state index contributed by atoms with van der Waals surface area (Å²) in [6.45, 7) is 1.28. The van der Waals surface area contributed by atoms with Gasteiger partial charge in [-0.1, -0.05) is 0 Å². The molecule has 316 valence electrons. The second-order valence-corrected chi connectivity index (χ2v) is 17.6. The summed E-state index contributed by atoms with van der Waals surface area (Å²) in [5, 5.41) is 71.4. The lowest BCUT2D eigenvalue weighted by Gasteiger charge is -2.46. The normalized spacial score (nSPS) is 44.7. The van der Waals surface area contributed by atoms with Crippen molar-refractivity contribution in [1.29, 1.82) is 0 Å². The third-order valence-electron chi connectivity index (χ3n) is 11.2. The van der Waals surface area contributed by atoms with Crippen LogP contribution in [0.1, 0.15) is 32.1 Å². The maximum absolute atomic E-state index is 12.8. The molecule has 5 aliphatic rings. The highest BCUT2D eigenvalue weighted by atomic mass is 32.2. The van der Waals surface area contributed by atoms with Gasteiger partial charge in [0.25, 0.3) is 0 Å². The van der Waals surface area contributed by atoms with Crippen LogP contribution in [-0.4, -0.2) is 200 Å². The summed E-state index contributed by atoms with van der Waals surface area (Å²) in [6, 6.07) is -2.78. The Hall–Kier alpha value is -0.810. The Morgan fingerprint density at radius 3 is 2.13 bits per heavy atom. The molecule has 17 atom stereocenters. The number of hydrogen-bond acceptors (Lipinski definition) is 21. The van der Waals surface area contributed by atoms with E-state index in [1.165, 1.54) is 0 Å². The van der Waals surface area contributed by atoms with Crippen molar-refractivity contribution in [3.8, 4) is 0 Å². The van der Waals surface area contributed by atoms with E-state index in [0.29, 0.717) is 38.8 Å². The molecule has 4 aliphatic heterocycles. The average Bonchev–Trinajstić information content (AvgIpc) is 3.42. The fourth-order valence-corrected chi connectivity index (χ4v) is 9.49. The molecule has 0 amide bonds. The third-order valence-corrected chi connectivity index (χ3v) is 13.0. The van der Waals surface area contributed by atoms with Gasteiger partial charge in [-0.25, -0.2) is 8.42 Å². The summed E-state index contributed by atoms with van der Waals surface area (Å²) in [6.07, 6.45) is -14.1. The molecule has 0 unspecified atom stereocenters. The predicted octanol–water partition coefficient (Wildman–Crippen LogP) is -7.43. The number of aliphatic hydroxyl groups is 6. The highest BCUT2D eigenvalue weighted by Gasteiger charge is 2.54. The van der Waals surface area contributed by atoms with Crippen LogP contribution in [0.2, 0.25) is 0 Å². The molecular weight excluding hydrogens is 738 g/mol. The van der Waals surface area contributed by atoms with E-state index in [1.807, 2.05) is 0 Å². The van der Waals surface area contributed by atoms with Gasteiger partial charge in [0.1, 0.15) is 48.8 Å². The first-order valence-corrected chi connectivity index (χ1v) is 20.7. The van der Waals surface area contributed by atoms with Gasteiger partial charge in [-0.3, -0.25) is 0 Å². The van der Waals surface area contributed by atoms with Crippen LogP contribution in [0.25, 0.3) is 0 Å². The van der Waals surface area contributed by atoms with Crippen LogP contribution in [0.15, 0.2) is 0 Å². The van der Waals surface area contributed by atoms with Gasteiger partial charge < -0.3 is 98.4 Å². The Morgan fingerprint density at radius 2 is 1.46 bits per heavy atom. The molecule has 22 heteroatoms. The number of hydrogen-bond donors (Lipinski definition) is 13. The minimum absolute atomic E-state index is 0.0162. The molecule has 4 heterocycles. The van der Waals surface area contributed by atoms with E-state index in [-0.39, 0.29) is 31.4 Å². The Balaban J connectivity index is 1.31. The van der Waals surface area contributed by atoms with E-state index < -0.39 is 126 Å². The second-order valence-electron chi connectivity index (χ2n) is 15.4. The largest absolute Gasteiger partial charge is 0.394 e. The van der Waals surface area contributed by atoms with Gasteiger partial charge in [0.05, 0.1) is 48.0 Å². The maximum Gasteiger partial charge on any atom is 0.187 e. The molecule has 1 aliphatic carbocycles. The molecule has 1 saturated carbocycles. The highest BCUT2D eigenvalue weighted by Crippen LogP contribution is 2.36. The monoisotopic (exact) mass is 801 g/mol. The lowest BCUT2D eigenvalue weighted by Crippen LogP contribution is -2.64. The first-order chi connectivity index (χ1) is 25.6. The average molecular weight is 802 g/mol. The van der Waals surface area contributed by atoms with Crippen LogP contribution in [0.5, 0.6) is 0 Å².